The third kappa shape index (κ3) is 4.56. The van der Waals surface area contributed by atoms with Gasteiger partial charge in [0, 0.05) is 24.5 Å². The molecular weight excluding hydrogens is 440 g/mol. The Kier molecular flexibility index (Phi) is 6.58. The first kappa shape index (κ1) is 24.2. The minimum absolute atomic E-state index is 0.0140. The fourth-order valence-corrected chi connectivity index (χ4v) is 7.92. The number of carbonyl (C=O) groups is 3. The molecule has 0 aliphatic heterocycles. The van der Waals surface area contributed by atoms with E-state index in [0.717, 1.165) is 50.6 Å². The summed E-state index contributed by atoms with van der Waals surface area (Å²) in [6.07, 6.45) is 11.9. The number of hydrogen-bond acceptors (Lipinski definition) is 5. The van der Waals surface area contributed by atoms with Crippen LogP contribution in [-0.4, -0.2) is 28.7 Å². The Hall–Kier alpha value is -2.50. The highest BCUT2D eigenvalue weighted by molar-refractivity contribution is 5.91. The highest BCUT2D eigenvalue weighted by Gasteiger charge is 2.59. The molecule has 0 aromatic carbocycles. The van der Waals surface area contributed by atoms with E-state index in [1.807, 2.05) is 24.3 Å². The SMILES string of the molecule is C[C@]12CCC(=O)C=C1CC[C@@H]1[C@@H]2CC[C@]2(C)C(OC(=O)CCC(=O)NCc3ccccn3)CC[C@@H]12. The van der Waals surface area contributed by atoms with E-state index in [1.54, 1.807) is 6.20 Å². The summed E-state index contributed by atoms with van der Waals surface area (Å²) in [5.41, 5.74) is 2.36. The molecule has 35 heavy (non-hydrogen) atoms. The van der Waals surface area contributed by atoms with E-state index in [0.29, 0.717) is 36.5 Å². The molecule has 1 amide bonds. The zero-order chi connectivity index (χ0) is 24.6. The molecule has 0 spiro atoms. The highest BCUT2D eigenvalue weighted by Crippen LogP contribution is 2.65. The molecule has 1 N–H and O–H groups in total. The van der Waals surface area contributed by atoms with Crippen molar-refractivity contribution in [3.05, 3.63) is 41.7 Å². The molecule has 4 aliphatic rings. The van der Waals surface area contributed by atoms with Gasteiger partial charge in [0.05, 0.1) is 18.7 Å². The standard InChI is InChI=1S/C29H38N2O4/c1-28-14-12-21(32)17-19(28)6-7-22-23-8-9-25(29(23,2)15-13-24(22)28)35-27(34)11-10-26(33)31-18-20-5-3-4-16-30-20/h3-5,16-17,22-25H,6-15,18H2,1-2H3,(H,31,33)/t22-,23-,24-,25?,28-,29-/m0/s1. The summed E-state index contributed by atoms with van der Waals surface area (Å²) < 4.78 is 6.04. The summed E-state index contributed by atoms with van der Waals surface area (Å²) in [6.45, 7) is 5.09. The number of pyridine rings is 1. The number of amides is 1. The second-order valence-corrected chi connectivity index (χ2v) is 11.7. The first-order valence-corrected chi connectivity index (χ1v) is 13.4. The molecule has 1 aromatic heterocycles. The Morgan fingerprint density at radius 1 is 1.06 bits per heavy atom. The third-order valence-electron chi connectivity index (χ3n) is 9.90. The molecule has 6 nitrogen and oxygen atoms in total. The molecule has 6 heteroatoms. The smallest absolute Gasteiger partial charge is 0.306 e. The average molecular weight is 479 g/mol. The summed E-state index contributed by atoms with van der Waals surface area (Å²) in [5, 5.41) is 2.83. The molecule has 1 aromatic rings. The van der Waals surface area contributed by atoms with Gasteiger partial charge in [0.15, 0.2) is 5.78 Å². The lowest BCUT2D eigenvalue weighted by Gasteiger charge is -2.57. The summed E-state index contributed by atoms with van der Waals surface area (Å²) in [7, 11) is 0. The molecule has 1 heterocycles. The van der Waals surface area contributed by atoms with Crippen LogP contribution < -0.4 is 5.32 Å². The Morgan fingerprint density at radius 3 is 2.71 bits per heavy atom. The van der Waals surface area contributed by atoms with Crippen molar-refractivity contribution < 1.29 is 19.1 Å². The van der Waals surface area contributed by atoms with Gasteiger partial charge in [-0.15, -0.1) is 0 Å². The van der Waals surface area contributed by atoms with Crippen molar-refractivity contribution in [2.75, 3.05) is 0 Å². The van der Waals surface area contributed by atoms with E-state index in [1.165, 1.54) is 5.57 Å². The molecule has 4 aliphatic carbocycles. The number of ether oxygens (including phenoxy) is 1. The zero-order valence-corrected chi connectivity index (χ0v) is 21.1. The van der Waals surface area contributed by atoms with Crippen LogP contribution in [0.1, 0.15) is 83.7 Å². The van der Waals surface area contributed by atoms with Crippen molar-refractivity contribution in [1.82, 2.24) is 10.3 Å². The van der Waals surface area contributed by atoms with Gasteiger partial charge in [-0.25, -0.2) is 0 Å². The number of aromatic nitrogens is 1. The fourth-order valence-electron chi connectivity index (χ4n) is 7.92. The van der Waals surface area contributed by atoms with Crippen LogP contribution in [0.3, 0.4) is 0 Å². The van der Waals surface area contributed by atoms with Gasteiger partial charge in [-0.1, -0.05) is 25.5 Å². The minimum atomic E-state index is -0.265. The first-order valence-electron chi connectivity index (χ1n) is 13.4. The first-order chi connectivity index (χ1) is 16.8. The van der Waals surface area contributed by atoms with Crippen molar-refractivity contribution in [3.8, 4) is 0 Å². The largest absolute Gasteiger partial charge is 0.462 e. The molecule has 0 bridgehead atoms. The second-order valence-electron chi connectivity index (χ2n) is 11.7. The maximum absolute atomic E-state index is 12.7. The number of nitrogens with one attached hydrogen (secondary N) is 1. The van der Waals surface area contributed by atoms with Crippen LogP contribution in [-0.2, 0) is 25.7 Å². The summed E-state index contributed by atoms with van der Waals surface area (Å²) in [4.78, 5) is 41.1. The number of esters is 1. The van der Waals surface area contributed by atoms with Gasteiger partial charge in [-0.3, -0.25) is 19.4 Å². The molecule has 6 atom stereocenters. The predicted octanol–water partition coefficient (Wildman–Crippen LogP) is 4.92. The number of rotatable bonds is 6. The minimum Gasteiger partial charge on any atom is -0.462 e. The number of fused-ring (bicyclic) bond motifs is 5. The van der Waals surface area contributed by atoms with Gasteiger partial charge >= 0.3 is 5.97 Å². The van der Waals surface area contributed by atoms with E-state index in [2.05, 4.69) is 24.1 Å². The van der Waals surface area contributed by atoms with Crippen LogP contribution in [0.25, 0.3) is 0 Å². The number of ketones is 1. The van der Waals surface area contributed by atoms with Gasteiger partial charge in [0.2, 0.25) is 5.91 Å². The van der Waals surface area contributed by atoms with Crippen molar-refractivity contribution in [1.29, 1.82) is 0 Å². The van der Waals surface area contributed by atoms with E-state index in [9.17, 15) is 14.4 Å². The van der Waals surface area contributed by atoms with E-state index >= 15 is 0 Å². The van der Waals surface area contributed by atoms with Gasteiger partial charge < -0.3 is 10.1 Å². The van der Waals surface area contributed by atoms with Crippen molar-refractivity contribution in [3.63, 3.8) is 0 Å². The maximum Gasteiger partial charge on any atom is 0.306 e. The van der Waals surface area contributed by atoms with Crippen LogP contribution >= 0.6 is 0 Å². The lowest BCUT2D eigenvalue weighted by Crippen LogP contribution is -2.51. The van der Waals surface area contributed by atoms with Crippen LogP contribution in [0.5, 0.6) is 0 Å². The average Bonchev–Trinajstić information content (AvgIpc) is 3.18. The molecule has 0 radical (unpaired) electrons. The third-order valence-corrected chi connectivity index (χ3v) is 9.90. The Morgan fingerprint density at radius 2 is 1.91 bits per heavy atom. The molecule has 5 rings (SSSR count). The zero-order valence-electron chi connectivity index (χ0n) is 21.1. The Labute approximate surface area is 208 Å². The van der Waals surface area contributed by atoms with Crippen molar-refractivity contribution in [2.24, 2.45) is 28.6 Å². The molecule has 1 unspecified atom stereocenters. The lowest BCUT2D eigenvalue weighted by molar-refractivity contribution is -0.160. The van der Waals surface area contributed by atoms with E-state index in [-0.39, 0.29) is 41.7 Å². The lowest BCUT2D eigenvalue weighted by atomic mass is 9.47. The molecule has 3 fully saturated rings. The quantitative estimate of drug-likeness (QED) is 0.587. The number of allylic oxidation sites excluding steroid dienone is 1. The summed E-state index contributed by atoms with van der Waals surface area (Å²) in [5.74, 6) is 1.72. The summed E-state index contributed by atoms with van der Waals surface area (Å²) in [6, 6.07) is 5.58. The van der Waals surface area contributed by atoms with Crippen LogP contribution in [0, 0.1) is 28.6 Å². The summed E-state index contributed by atoms with van der Waals surface area (Å²) >= 11 is 0. The van der Waals surface area contributed by atoms with Gasteiger partial charge in [-0.2, -0.15) is 0 Å². The monoisotopic (exact) mass is 478 g/mol. The predicted molar refractivity (Wildman–Crippen MR) is 132 cm³/mol. The molecular formula is C29H38N2O4. The second kappa shape index (κ2) is 9.51. The van der Waals surface area contributed by atoms with E-state index < -0.39 is 0 Å². The van der Waals surface area contributed by atoms with E-state index in [4.69, 9.17) is 4.74 Å². The van der Waals surface area contributed by atoms with Crippen molar-refractivity contribution in [2.45, 2.75) is 90.7 Å². The number of carbonyl (C=O) groups excluding carboxylic acids is 3. The molecule has 0 saturated heterocycles. The van der Waals surface area contributed by atoms with Crippen molar-refractivity contribution >= 4 is 17.7 Å². The van der Waals surface area contributed by atoms with Crippen LogP contribution in [0.15, 0.2) is 36.0 Å². The maximum atomic E-state index is 12.7. The highest BCUT2D eigenvalue weighted by atomic mass is 16.5. The Balaban J connectivity index is 1.16. The van der Waals surface area contributed by atoms with Crippen LogP contribution in [0.2, 0.25) is 0 Å². The topological polar surface area (TPSA) is 85.4 Å². The van der Waals surface area contributed by atoms with Crippen LogP contribution in [0.4, 0.5) is 0 Å². The molecule has 188 valence electrons. The fraction of sp³-hybridized carbons (Fsp3) is 0.655. The number of nitrogens with zero attached hydrogens (tertiary/aromatic N) is 1. The normalized spacial score (nSPS) is 35.8. The van der Waals surface area contributed by atoms with Gasteiger partial charge in [0.1, 0.15) is 6.10 Å². The molecule has 3 saturated carbocycles. The Bertz CT molecular complexity index is 1020. The van der Waals surface area contributed by atoms with Gasteiger partial charge in [-0.05, 0) is 86.3 Å². The van der Waals surface area contributed by atoms with Gasteiger partial charge in [0.25, 0.3) is 0 Å². The number of hydrogen-bond donors (Lipinski definition) is 1.